The van der Waals surface area contributed by atoms with Crippen LogP contribution in [-0.4, -0.2) is 30.2 Å². The largest absolute Gasteiger partial charge is 0.490 e. The summed E-state index contributed by atoms with van der Waals surface area (Å²) >= 11 is 0. The van der Waals surface area contributed by atoms with Gasteiger partial charge in [0.2, 0.25) is 0 Å². The second-order valence-electron chi connectivity index (χ2n) is 6.00. The summed E-state index contributed by atoms with van der Waals surface area (Å²) in [5.41, 5.74) is 3.05. The SMILES string of the molecule is Cc1cc(NC(=O)c2cccnc2C)ccc1OC1CCOCC1. The smallest absolute Gasteiger partial charge is 0.257 e. The van der Waals surface area contributed by atoms with Gasteiger partial charge < -0.3 is 14.8 Å². The fourth-order valence-corrected chi connectivity index (χ4v) is 2.76. The number of rotatable bonds is 4. The minimum atomic E-state index is -0.155. The highest BCUT2D eigenvalue weighted by molar-refractivity contribution is 6.05. The minimum Gasteiger partial charge on any atom is -0.490 e. The van der Waals surface area contributed by atoms with Gasteiger partial charge in [0.05, 0.1) is 18.8 Å². The summed E-state index contributed by atoms with van der Waals surface area (Å²) in [6.45, 7) is 5.31. The summed E-state index contributed by atoms with van der Waals surface area (Å²) in [4.78, 5) is 16.5. The average molecular weight is 326 g/mol. The summed E-state index contributed by atoms with van der Waals surface area (Å²) in [7, 11) is 0. The van der Waals surface area contributed by atoms with E-state index in [4.69, 9.17) is 9.47 Å². The van der Waals surface area contributed by atoms with Crippen molar-refractivity contribution >= 4 is 11.6 Å². The van der Waals surface area contributed by atoms with E-state index in [1.54, 1.807) is 18.3 Å². The number of aromatic nitrogens is 1. The number of anilines is 1. The van der Waals surface area contributed by atoms with Crippen LogP contribution in [-0.2, 0) is 4.74 Å². The molecule has 1 aromatic heterocycles. The van der Waals surface area contributed by atoms with Gasteiger partial charge in [-0.1, -0.05) is 0 Å². The van der Waals surface area contributed by atoms with Gasteiger partial charge in [-0.15, -0.1) is 0 Å². The maximum Gasteiger partial charge on any atom is 0.257 e. The molecule has 2 heterocycles. The van der Waals surface area contributed by atoms with Crippen LogP contribution >= 0.6 is 0 Å². The molecule has 1 aliphatic rings. The molecule has 1 aliphatic heterocycles. The molecule has 0 saturated carbocycles. The molecule has 1 saturated heterocycles. The van der Waals surface area contributed by atoms with E-state index in [-0.39, 0.29) is 12.0 Å². The van der Waals surface area contributed by atoms with Crippen LogP contribution in [0.2, 0.25) is 0 Å². The molecular weight excluding hydrogens is 304 g/mol. The van der Waals surface area contributed by atoms with E-state index >= 15 is 0 Å². The van der Waals surface area contributed by atoms with Gasteiger partial charge in [0.15, 0.2) is 0 Å². The third-order valence-corrected chi connectivity index (χ3v) is 4.15. The molecule has 0 unspecified atom stereocenters. The Morgan fingerprint density at radius 2 is 2.04 bits per heavy atom. The Labute approximate surface area is 142 Å². The molecule has 0 aliphatic carbocycles. The van der Waals surface area contributed by atoms with Crippen molar-refractivity contribution in [2.24, 2.45) is 0 Å². The fraction of sp³-hybridized carbons (Fsp3) is 0.368. The van der Waals surface area contributed by atoms with Crippen molar-refractivity contribution in [3.8, 4) is 5.75 Å². The fourth-order valence-electron chi connectivity index (χ4n) is 2.76. The quantitative estimate of drug-likeness (QED) is 0.934. The van der Waals surface area contributed by atoms with Gasteiger partial charge in [-0.3, -0.25) is 9.78 Å². The average Bonchev–Trinajstić information content (AvgIpc) is 2.58. The van der Waals surface area contributed by atoms with Crippen molar-refractivity contribution in [3.05, 3.63) is 53.3 Å². The van der Waals surface area contributed by atoms with Crippen LogP contribution in [0.5, 0.6) is 5.75 Å². The lowest BCUT2D eigenvalue weighted by atomic mass is 10.1. The highest BCUT2D eigenvalue weighted by atomic mass is 16.5. The second-order valence-corrected chi connectivity index (χ2v) is 6.00. The van der Waals surface area contributed by atoms with E-state index in [0.717, 1.165) is 43.1 Å². The standard InChI is InChI=1S/C19H22N2O3/c1-13-12-15(21-19(22)17-4-3-9-20-14(17)2)5-6-18(13)24-16-7-10-23-11-8-16/h3-6,9,12,16H,7-8,10-11H2,1-2H3,(H,21,22). The van der Waals surface area contributed by atoms with Gasteiger partial charge in [-0.25, -0.2) is 0 Å². The monoisotopic (exact) mass is 326 g/mol. The molecule has 0 spiro atoms. The van der Waals surface area contributed by atoms with Crippen LogP contribution in [0.4, 0.5) is 5.69 Å². The Balaban J connectivity index is 1.68. The second kappa shape index (κ2) is 7.45. The van der Waals surface area contributed by atoms with Crippen LogP contribution in [0.25, 0.3) is 0 Å². The lowest BCUT2D eigenvalue weighted by Crippen LogP contribution is -2.26. The molecule has 1 amide bonds. The third kappa shape index (κ3) is 3.92. The van der Waals surface area contributed by atoms with Crippen molar-refractivity contribution in [1.29, 1.82) is 0 Å². The van der Waals surface area contributed by atoms with Gasteiger partial charge >= 0.3 is 0 Å². The Bertz CT molecular complexity index is 724. The number of hydrogen-bond donors (Lipinski definition) is 1. The molecule has 1 fully saturated rings. The van der Waals surface area contributed by atoms with Crippen molar-refractivity contribution in [3.63, 3.8) is 0 Å². The molecule has 5 heteroatoms. The number of pyridine rings is 1. The zero-order valence-corrected chi connectivity index (χ0v) is 14.0. The lowest BCUT2D eigenvalue weighted by Gasteiger charge is -2.24. The first-order valence-electron chi connectivity index (χ1n) is 8.21. The third-order valence-electron chi connectivity index (χ3n) is 4.15. The van der Waals surface area contributed by atoms with Crippen molar-refractivity contribution < 1.29 is 14.3 Å². The van der Waals surface area contributed by atoms with Crippen molar-refractivity contribution in [2.75, 3.05) is 18.5 Å². The molecular formula is C19H22N2O3. The van der Waals surface area contributed by atoms with E-state index in [1.807, 2.05) is 32.0 Å². The predicted octanol–water partition coefficient (Wildman–Crippen LogP) is 3.51. The van der Waals surface area contributed by atoms with E-state index in [2.05, 4.69) is 10.3 Å². The van der Waals surface area contributed by atoms with Gasteiger partial charge in [-0.05, 0) is 49.7 Å². The summed E-state index contributed by atoms with van der Waals surface area (Å²) in [6, 6.07) is 9.24. The molecule has 2 aromatic rings. The number of aryl methyl sites for hydroxylation is 2. The van der Waals surface area contributed by atoms with Crippen LogP contribution < -0.4 is 10.1 Å². The Morgan fingerprint density at radius 1 is 1.25 bits per heavy atom. The normalized spacial score (nSPS) is 15.1. The van der Waals surface area contributed by atoms with E-state index in [0.29, 0.717) is 11.3 Å². The Kier molecular flexibility index (Phi) is 5.11. The molecule has 0 radical (unpaired) electrons. The molecule has 0 atom stereocenters. The summed E-state index contributed by atoms with van der Waals surface area (Å²) in [5.74, 6) is 0.704. The number of nitrogens with one attached hydrogen (secondary N) is 1. The highest BCUT2D eigenvalue weighted by Crippen LogP contribution is 2.25. The number of carbonyl (C=O) groups excluding carboxylic acids is 1. The topological polar surface area (TPSA) is 60.5 Å². The highest BCUT2D eigenvalue weighted by Gasteiger charge is 2.16. The minimum absolute atomic E-state index is 0.155. The molecule has 1 aromatic carbocycles. The number of ether oxygens (including phenoxy) is 2. The summed E-state index contributed by atoms with van der Waals surface area (Å²) < 4.78 is 11.4. The first-order chi connectivity index (χ1) is 11.6. The molecule has 0 bridgehead atoms. The van der Waals surface area contributed by atoms with Crippen LogP contribution in [0.3, 0.4) is 0 Å². The van der Waals surface area contributed by atoms with Crippen LogP contribution in [0, 0.1) is 13.8 Å². The zero-order chi connectivity index (χ0) is 16.9. The number of nitrogens with zero attached hydrogens (tertiary/aromatic N) is 1. The summed E-state index contributed by atoms with van der Waals surface area (Å²) in [5, 5.41) is 2.92. The number of hydrogen-bond acceptors (Lipinski definition) is 4. The maximum atomic E-state index is 12.4. The zero-order valence-electron chi connectivity index (χ0n) is 14.0. The van der Waals surface area contributed by atoms with Crippen LogP contribution in [0.15, 0.2) is 36.5 Å². The van der Waals surface area contributed by atoms with Gasteiger partial charge in [0.1, 0.15) is 11.9 Å². The van der Waals surface area contributed by atoms with E-state index in [1.165, 1.54) is 0 Å². The van der Waals surface area contributed by atoms with Gasteiger partial charge in [-0.2, -0.15) is 0 Å². The molecule has 126 valence electrons. The van der Waals surface area contributed by atoms with Crippen molar-refractivity contribution in [2.45, 2.75) is 32.8 Å². The molecule has 5 nitrogen and oxygen atoms in total. The first kappa shape index (κ1) is 16.5. The van der Waals surface area contributed by atoms with E-state index in [9.17, 15) is 4.79 Å². The van der Waals surface area contributed by atoms with Gasteiger partial charge in [0, 0.05) is 30.4 Å². The summed E-state index contributed by atoms with van der Waals surface area (Å²) in [6.07, 6.45) is 3.71. The Morgan fingerprint density at radius 3 is 2.75 bits per heavy atom. The predicted molar refractivity (Wildman–Crippen MR) is 92.6 cm³/mol. The number of benzene rings is 1. The number of amides is 1. The lowest BCUT2D eigenvalue weighted by molar-refractivity contribution is 0.0253. The van der Waals surface area contributed by atoms with E-state index < -0.39 is 0 Å². The molecule has 3 rings (SSSR count). The maximum absolute atomic E-state index is 12.4. The van der Waals surface area contributed by atoms with Gasteiger partial charge in [0.25, 0.3) is 5.91 Å². The molecule has 24 heavy (non-hydrogen) atoms. The molecule has 1 N–H and O–H groups in total. The Hall–Kier alpha value is -2.40. The first-order valence-corrected chi connectivity index (χ1v) is 8.21. The van der Waals surface area contributed by atoms with Crippen LogP contribution in [0.1, 0.15) is 34.5 Å². The van der Waals surface area contributed by atoms with Crippen molar-refractivity contribution in [1.82, 2.24) is 4.98 Å². The number of carbonyl (C=O) groups is 1.